The molecule has 0 aromatic rings. The number of amides is 1. The van der Waals surface area contributed by atoms with Crippen LogP contribution in [-0.2, 0) is 9.59 Å². The topological polar surface area (TPSA) is 46.2 Å². The molecule has 12 heavy (non-hydrogen) atoms. The first-order valence-corrected chi connectivity index (χ1v) is 4.33. The molecular formula is C9H15NO2. The van der Waals surface area contributed by atoms with Crippen LogP contribution in [0.1, 0.15) is 27.2 Å². The Hall–Kier alpha value is -0.860. The van der Waals surface area contributed by atoms with Gasteiger partial charge in [0, 0.05) is 12.8 Å². The van der Waals surface area contributed by atoms with E-state index >= 15 is 0 Å². The Morgan fingerprint density at radius 1 is 1.50 bits per heavy atom. The van der Waals surface area contributed by atoms with E-state index in [0.29, 0.717) is 5.92 Å². The Morgan fingerprint density at radius 3 is 2.33 bits per heavy atom. The van der Waals surface area contributed by atoms with Crippen molar-refractivity contribution in [2.75, 3.05) is 0 Å². The van der Waals surface area contributed by atoms with Gasteiger partial charge in [-0.3, -0.25) is 9.59 Å². The quantitative estimate of drug-likeness (QED) is 0.677. The molecule has 2 unspecified atom stereocenters. The van der Waals surface area contributed by atoms with Crippen molar-refractivity contribution in [3.8, 4) is 0 Å². The van der Waals surface area contributed by atoms with Crippen molar-refractivity contribution in [2.45, 2.75) is 33.2 Å². The summed E-state index contributed by atoms with van der Waals surface area (Å²) in [5.41, 5.74) is 0. The SMILES string of the molecule is CC(=O)N[C@@H](C)C(=O)C1CC1C. The second-order valence-electron chi connectivity index (χ2n) is 3.64. The monoisotopic (exact) mass is 169 g/mol. The van der Waals surface area contributed by atoms with Crippen molar-refractivity contribution in [3.05, 3.63) is 0 Å². The van der Waals surface area contributed by atoms with E-state index < -0.39 is 0 Å². The Balaban J connectivity index is 2.37. The van der Waals surface area contributed by atoms with E-state index in [2.05, 4.69) is 12.2 Å². The fraction of sp³-hybridized carbons (Fsp3) is 0.778. The van der Waals surface area contributed by atoms with Crippen LogP contribution < -0.4 is 5.32 Å². The smallest absolute Gasteiger partial charge is 0.217 e. The lowest BCUT2D eigenvalue weighted by Crippen LogP contribution is -2.38. The molecule has 0 bridgehead atoms. The molecule has 1 aliphatic rings. The van der Waals surface area contributed by atoms with Gasteiger partial charge in [0.05, 0.1) is 6.04 Å². The van der Waals surface area contributed by atoms with Crippen molar-refractivity contribution >= 4 is 11.7 Å². The van der Waals surface area contributed by atoms with Gasteiger partial charge in [-0.2, -0.15) is 0 Å². The van der Waals surface area contributed by atoms with E-state index in [1.165, 1.54) is 6.92 Å². The second kappa shape index (κ2) is 3.25. The van der Waals surface area contributed by atoms with Crippen LogP contribution in [0.2, 0.25) is 0 Å². The van der Waals surface area contributed by atoms with Crippen molar-refractivity contribution in [3.63, 3.8) is 0 Å². The molecule has 0 saturated heterocycles. The molecule has 0 heterocycles. The molecule has 1 rings (SSSR count). The summed E-state index contributed by atoms with van der Waals surface area (Å²) >= 11 is 0. The van der Waals surface area contributed by atoms with Gasteiger partial charge in [0.25, 0.3) is 0 Å². The van der Waals surface area contributed by atoms with Crippen LogP contribution in [0.15, 0.2) is 0 Å². The van der Waals surface area contributed by atoms with Crippen molar-refractivity contribution in [1.29, 1.82) is 0 Å². The predicted octanol–water partition coefficient (Wildman–Crippen LogP) is 0.736. The molecule has 1 aliphatic carbocycles. The highest BCUT2D eigenvalue weighted by Crippen LogP contribution is 2.38. The van der Waals surface area contributed by atoms with Gasteiger partial charge >= 0.3 is 0 Å². The first kappa shape index (κ1) is 9.23. The van der Waals surface area contributed by atoms with Gasteiger partial charge in [-0.15, -0.1) is 0 Å². The number of hydrogen-bond acceptors (Lipinski definition) is 2. The summed E-state index contributed by atoms with van der Waals surface area (Å²) in [6, 6.07) is -0.308. The lowest BCUT2D eigenvalue weighted by molar-refractivity contribution is -0.127. The third kappa shape index (κ3) is 2.06. The van der Waals surface area contributed by atoms with Crippen molar-refractivity contribution in [1.82, 2.24) is 5.32 Å². The predicted molar refractivity (Wildman–Crippen MR) is 45.6 cm³/mol. The first-order chi connectivity index (χ1) is 5.52. The number of rotatable bonds is 3. The van der Waals surface area contributed by atoms with Gasteiger partial charge in [0.1, 0.15) is 0 Å². The van der Waals surface area contributed by atoms with E-state index in [1.54, 1.807) is 6.92 Å². The van der Waals surface area contributed by atoms with E-state index in [4.69, 9.17) is 0 Å². The molecule has 3 atom stereocenters. The number of Topliss-reactive ketones (excluding diaryl/α,β-unsaturated/α-hetero) is 1. The molecular weight excluding hydrogens is 154 g/mol. The van der Waals surface area contributed by atoms with Gasteiger partial charge in [0.2, 0.25) is 5.91 Å². The molecule has 1 saturated carbocycles. The van der Waals surface area contributed by atoms with E-state index in [9.17, 15) is 9.59 Å². The van der Waals surface area contributed by atoms with Crippen LogP contribution in [0, 0.1) is 11.8 Å². The average molecular weight is 169 g/mol. The highest BCUT2D eigenvalue weighted by Gasteiger charge is 2.40. The molecule has 0 spiro atoms. The number of carbonyl (C=O) groups excluding carboxylic acids is 2. The minimum Gasteiger partial charge on any atom is -0.347 e. The highest BCUT2D eigenvalue weighted by atomic mass is 16.2. The van der Waals surface area contributed by atoms with E-state index in [-0.39, 0.29) is 23.7 Å². The van der Waals surface area contributed by atoms with Crippen molar-refractivity contribution < 1.29 is 9.59 Å². The molecule has 0 aromatic carbocycles. The molecule has 1 amide bonds. The van der Waals surface area contributed by atoms with Crippen LogP contribution >= 0.6 is 0 Å². The Labute approximate surface area is 72.5 Å². The summed E-state index contributed by atoms with van der Waals surface area (Å²) in [5, 5.41) is 2.60. The average Bonchev–Trinajstić information content (AvgIpc) is 2.64. The lowest BCUT2D eigenvalue weighted by atomic mass is 10.1. The normalized spacial score (nSPS) is 29.2. The molecule has 0 aromatic heterocycles. The van der Waals surface area contributed by atoms with Crippen LogP contribution in [0.3, 0.4) is 0 Å². The third-order valence-corrected chi connectivity index (χ3v) is 2.32. The fourth-order valence-electron chi connectivity index (χ4n) is 1.42. The minimum absolute atomic E-state index is 0.135. The molecule has 0 radical (unpaired) electrons. The lowest BCUT2D eigenvalue weighted by Gasteiger charge is -2.10. The number of ketones is 1. The Bertz CT molecular complexity index is 213. The standard InChI is InChI=1S/C9H15NO2/c1-5-4-8(5)9(12)6(2)10-7(3)11/h5-6,8H,4H2,1-3H3,(H,10,11)/t5?,6-,8?/m0/s1. The summed E-state index contributed by atoms with van der Waals surface area (Å²) in [4.78, 5) is 22.1. The van der Waals surface area contributed by atoms with E-state index in [0.717, 1.165) is 6.42 Å². The molecule has 3 nitrogen and oxygen atoms in total. The number of carbonyl (C=O) groups is 2. The molecule has 0 aliphatic heterocycles. The third-order valence-electron chi connectivity index (χ3n) is 2.32. The summed E-state index contributed by atoms with van der Waals surface area (Å²) in [6.45, 7) is 5.23. The van der Waals surface area contributed by atoms with Gasteiger partial charge in [-0.1, -0.05) is 6.92 Å². The maximum absolute atomic E-state index is 11.4. The second-order valence-corrected chi connectivity index (χ2v) is 3.64. The maximum atomic E-state index is 11.4. The van der Waals surface area contributed by atoms with Crippen LogP contribution in [0.4, 0.5) is 0 Å². The highest BCUT2D eigenvalue weighted by molar-refractivity contribution is 5.91. The van der Waals surface area contributed by atoms with Gasteiger partial charge in [-0.25, -0.2) is 0 Å². The number of hydrogen-bond donors (Lipinski definition) is 1. The fourth-order valence-corrected chi connectivity index (χ4v) is 1.42. The van der Waals surface area contributed by atoms with Gasteiger partial charge in [-0.05, 0) is 19.3 Å². The Kier molecular flexibility index (Phi) is 2.50. The van der Waals surface area contributed by atoms with Gasteiger partial charge in [0.15, 0.2) is 5.78 Å². The zero-order valence-corrected chi connectivity index (χ0v) is 7.76. The molecule has 1 N–H and O–H groups in total. The zero-order valence-electron chi connectivity index (χ0n) is 7.76. The van der Waals surface area contributed by atoms with Crippen LogP contribution in [-0.4, -0.2) is 17.7 Å². The summed E-state index contributed by atoms with van der Waals surface area (Å²) in [6.07, 6.45) is 0.989. The van der Waals surface area contributed by atoms with E-state index in [1.807, 2.05) is 0 Å². The van der Waals surface area contributed by atoms with Crippen molar-refractivity contribution in [2.24, 2.45) is 11.8 Å². The van der Waals surface area contributed by atoms with Crippen LogP contribution in [0.25, 0.3) is 0 Å². The summed E-state index contributed by atoms with van der Waals surface area (Å²) in [5.74, 6) is 0.766. The maximum Gasteiger partial charge on any atom is 0.217 e. The zero-order chi connectivity index (χ0) is 9.30. The molecule has 1 fully saturated rings. The van der Waals surface area contributed by atoms with Crippen LogP contribution in [0.5, 0.6) is 0 Å². The number of nitrogens with one attached hydrogen (secondary N) is 1. The summed E-state index contributed by atoms with van der Waals surface area (Å²) in [7, 11) is 0. The summed E-state index contributed by atoms with van der Waals surface area (Å²) < 4.78 is 0. The minimum atomic E-state index is -0.308. The van der Waals surface area contributed by atoms with Gasteiger partial charge < -0.3 is 5.32 Å². The first-order valence-electron chi connectivity index (χ1n) is 4.33. The molecule has 68 valence electrons. The largest absolute Gasteiger partial charge is 0.347 e. The molecule has 3 heteroatoms. The Morgan fingerprint density at radius 2 is 2.00 bits per heavy atom.